The summed E-state index contributed by atoms with van der Waals surface area (Å²) in [5.74, 6) is 2.69. The number of nitrogens with zero attached hydrogens (tertiary/aromatic N) is 1. The van der Waals surface area contributed by atoms with Crippen LogP contribution in [0.2, 0.25) is 0 Å². The Morgan fingerprint density at radius 3 is 2.47 bits per heavy atom. The van der Waals surface area contributed by atoms with Crippen LogP contribution in [0.25, 0.3) is 0 Å². The Morgan fingerprint density at radius 1 is 1.33 bits per heavy atom. The molecule has 1 nitrogen and oxygen atoms in total. The van der Waals surface area contributed by atoms with Crippen LogP contribution < -0.4 is 0 Å². The van der Waals surface area contributed by atoms with Gasteiger partial charge in [-0.25, -0.2) is 0 Å². The van der Waals surface area contributed by atoms with Crippen LogP contribution >= 0.6 is 11.8 Å². The molecule has 0 aliphatic heterocycles. The maximum absolute atomic E-state index is 4.82. The summed E-state index contributed by atoms with van der Waals surface area (Å²) in [5.41, 5.74) is 0. The van der Waals surface area contributed by atoms with Gasteiger partial charge in [0.05, 0.1) is 11.1 Å². The predicted octanol–water partition coefficient (Wildman–Crippen LogP) is 3.98. The highest BCUT2D eigenvalue weighted by molar-refractivity contribution is 8.13. The van der Waals surface area contributed by atoms with Gasteiger partial charge in [0, 0.05) is 5.92 Å². The Bertz CT molecular complexity index is 237. The first-order valence-corrected chi connectivity index (χ1v) is 7.53. The van der Waals surface area contributed by atoms with Crippen molar-refractivity contribution >= 4 is 16.8 Å². The molecule has 0 saturated heterocycles. The highest BCUT2D eigenvalue weighted by Gasteiger charge is 2.34. The summed E-state index contributed by atoms with van der Waals surface area (Å²) in [6.07, 6.45) is 9.10. The Morgan fingerprint density at radius 2 is 2.00 bits per heavy atom. The summed E-state index contributed by atoms with van der Waals surface area (Å²) in [6, 6.07) is 0.705. The van der Waals surface area contributed by atoms with Gasteiger partial charge in [-0.15, -0.1) is 11.8 Å². The first-order chi connectivity index (χ1) is 7.19. The largest absolute Gasteiger partial charge is 0.279 e. The van der Waals surface area contributed by atoms with Crippen LogP contribution in [-0.4, -0.2) is 17.3 Å². The van der Waals surface area contributed by atoms with E-state index >= 15 is 0 Å². The summed E-state index contributed by atoms with van der Waals surface area (Å²) < 4.78 is 0. The van der Waals surface area contributed by atoms with Crippen LogP contribution in [0.5, 0.6) is 0 Å². The van der Waals surface area contributed by atoms with E-state index in [-0.39, 0.29) is 0 Å². The Kier molecular flexibility index (Phi) is 3.76. The zero-order valence-corrected chi connectivity index (χ0v) is 11.0. The average molecular weight is 225 g/mol. The minimum Gasteiger partial charge on any atom is -0.279 e. The Balaban J connectivity index is 1.76. The molecule has 0 unspecified atom stereocenters. The lowest BCUT2D eigenvalue weighted by Crippen LogP contribution is -2.30. The van der Waals surface area contributed by atoms with Crippen LogP contribution in [0.1, 0.15) is 46.0 Å². The summed E-state index contributed by atoms with van der Waals surface area (Å²) in [7, 11) is 0. The van der Waals surface area contributed by atoms with E-state index in [4.69, 9.17) is 4.99 Å². The molecular formula is C13H23NS. The second kappa shape index (κ2) is 4.90. The van der Waals surface area contributed by atoms with Crippen molar-refractivity contribution in [2.45, 2.75) is 52.0 Å². The lowest BCUT2D eigenvalue weighted by atomic mass is 9.72. The number of aliphatic imine (C=N–C) groups is 1. The van der Waals surface area contributed by atoms with E-state index in [0.717, 1.165) is 17.8 Å². The first kappa shape index (κ1) is 11.5. The number of rotatable bonds is 4. The zero-order chi connectivity index (χ0) is 10.8. The van der Waals surface area contributed by atoms with Gasteiger partial charge in [-0.3, -0.25) is 4.99 Å². The van der Waals surface area contributed by atoms with Gasteiger partial charge in [-0.1, -0.05) is 13.8 Å². The second-order valence-corrected chi connectivity index (χ2v) is 6.39. The summed E-state index contributed by atoms with van der Waals surface area (Å²) in [4.78, 5) is 4.82. The molecule has 0 aromatic heterocycles. The van der Waals surface area contributed by atoms with Gasteiger partial charge in [-0.05, 0) is 50.2 Å². The molecule has 2 aliphatic carbocycles. The Labute approximate surface area is 98.1 Å². The molecule has 0 N–H and O–H groups in total. The SMILES string of the molecule is CS/C(=N/C1CC1)[C@H]1C[C@@H](CC(C)C)C1. The summed E-state index contributed by atoms with van der Waals surface area (Å²) >= 11 is 1.89. The van der Waals surface area contributed by atoms with Crippen molar-refractivity contribution in [3.63, 3.8) is 0 Å². The standard InChI is InChI=1S/C13H23NS/c1-9(2)6-10-7-11(8-10)13(15-3)14-12-4-5-12/h9-12H,4-8H2,1-3H3/b14-13+/t10-,11+. The molecule has 2 heteroatoms. The van der Waals surface area contributed by atoms with Crippen molar-refractivity contribution in [1.82, 2.24) is 0 Å². The fourth-order valence-electron chi connectivity index (χ4n) is 2.50. The maximum atomic E-state index is 4.82. The molecule has 0 aromatic carbocycles. The summed E-state index contributed by atoms with van der Waals surface area (Å²) in [5, 5.41) is 1.46. The third-order valence-corrected chi connectivity index (χ3v) is 4.31. The van der Waals surface area contributed by atoms with Gasteiger partial charge in [0.2, 0.25) is 0 Å². The van der Waals surface area contributed by atoms with Gasteiger partial charge in [-0.2, -0.15) is 0 Å². The predicted molar refractivity (Wildman–Crippen MR) is 69.6 cm³/mol. The minimum atomic E-state index is 0.705. The smallest absolute Gasteiger partial charge is 0.0707 e. The second-order valence-electron chi connectivity index (χ2n) is 5.57. The number of hydrogen-bond donors (Lipinski definition) is 0. The van der Waals surface area contributed by atoms with Crippen molar-refractivity contribution in [1.29, 1.82) is 0 Å². The lowest BCUT2D eigenvalue weighted by molar-refractivity contribution is 0.219. The van der Waals surface area contributed by atoms with Crippen LogP contribution in [0.3, 0.4) is 0 Å². The molecule has 0 bridgehead atoms. The molecule has 0 aromatic rings. The molecule has 0 radical (unpaired) electrons. The normalized spacial score (nSPS) is 31.9. The average Bonchev–Trinajstić information content (AvgIpc) is 2.90. The molecule has 0 spiro atoms. The van der Waals surface area contributed by atoms with Crippen LogP contribution in [-0.2, 0) is 0 Å². The van der Waals surface area contributed by atoms with E-state index in [1.165, 1.54) is 37.1 Å². The van der Waals surface area contributed by atoms with Crippen molar-refractivity contribution in [3.8, 4) is 0 Å². The zero-order valence-electron chi connectivity index (χ0n) is 10.2. The van der Waals surface area contributed by atoms with Gasteiger partial charge in [0.15, 0.2) is 0 Å². The van der Waals surface area contributed by atoms with E-state index < -0.39 is 0 Å². The third kappa shape index (κ3) is 3.24. The lowest BCUT2D eigenvalue weighted by Gasteiger charge is -2.36. The van der Waals surface area contributed by atoms with Gasteiger partial charge >= 0.3 is 0 Å². The number of thioether (sulfide) groups is 1. The number of hydrogen-bond acceptors (Lipinski definition) is 2. The van der Waals surface area contributed by atoms with Crippen molar-refractivity contribution in [2.24, 2.45) is 22.7 Å². The molecule has 2 rings (SSSR count). The van der Waals surface area contributed by atoms with E-state index in [2.05, 4.69) is 20.1 Å². The van der Waals surface area contributed by atoms with Gasteiger partial charge in [0.25, 0.3) is 0 Å². The van der Waals surface area contributed by atoms with Gasteiger partial charge in [0.1, 0.15) is 0 Å². The molecule has 0 atom stereocenters. The maximum Gasteiger partial charge on any atom is 0.0707 e. The van der Waals surface area contributed by atoms with Crippen molar-refractivity contribution < 1.29 is 0 Å². The highest BCUT2D eigenvalue weighted by Crippen LogP contribution is 2.41. The van der Waals surface area contributed by atoms with E-state index in [1.54, 1.807) is 0 Å². The first-order valence-electron chi connectivity index (χ1n) is 6.30. The molecule has 0 amide bonds. The quantitative estimate of drug-likeness (QED) is 0.520. The fraction of sp³-hybridized carbons (Fsp3) is 0.923. The topological polar surface area (TPSA) is 12.4 Å². The molecule has 0 heterocycles. The van der Waals surface area contributed by atoms with Crippen molar-refractivity contribution in [2.75, 3.05) is 6.26 Å². The third-order valence-electron chi connectivity index (χ3n) is 3.46. The molecular weight excluding hydrogens is 202 g/mol. The Hall–Kier alpha value is 0.0200. The molecule has 2 saturated carbocycles. The molecule has 15 heavy (non-hydrogen) atoms. The fourth-order valence-corrected chi connectivity index (χ4v) is 3.29. The minimum absolute atomic E-state index is 0.705. The van der Waals surface area contributed by atoms with Gasteiger partial charge < -0.3 is 0 Å². The van der Waals surface area contributed by atoms with Crippen LogP contribution in [0.15, 0.2) is 4.99 Å². The van der Waals surface area contributed by atoms with Crippen LogP contribution in [0, 0.1) is 17.8 Å². The monoisotopic (exact) mass is 225 g/mol. The summed E-state index contributed by atoms with van der Waals surface area (Å²) in [6.45, 7) is 4.67. The van der Waals surface area contributed by atoms with E-state index in [0.29, 0.717) is 6.04 Å². The molecule has 86 valence electrons. The molecule has 2 fully saturated rings. The molecule has 2 aliphatic rings. The van der Waals surface area contributed by atoms with E-state index in [9.17, 15) is 0 Å². The van der Waals surface area contributed by atoms with Crippen molar-refractivity contribution in [3.05, 3.63) is 0 Å². The van der Waals surface area contributed by atoms with E-state index in [1.807, 2.05) is 11.8 Å². The van der Waals surface area contributed by atoms with Crippen LogP contribution in [0.4, 0.5) is 0 Å². The highest BCUT2D eigenvalue weighted by atomic mass is 32.2.